The fourth-order valence-corrected chi connectivity index (χ4v) is 0.501. The molecule has 0 unspecified atom stereocenters. The van der Waals surface area contributed by atoms with Crippen molar-refractivity contribution < 1.29 is 24.3 Å². The molecule has 0 radical (unpaired) electrons. The van der Waals surface area contributed by atoms with E-state index in [4.69, 9.17) is 19.8 Å². The van der Waals surface area contributed by atoms with Gasteiger partial charge in [0.15, 0.2) is 0 Å². The molecule has 3 N–H and O–H groups in total. The Morgan fingerprint density at radius 2 is 1.50 bits per heavy atom. The summed E-state index contributed by atoms with van der Waals surface area (Å²) in [5.74, 6) is -3.65. The Morgan fingerprint density at radius 3 is 1.71 bits per heavy atom. The van der Waals surface area contributed by atoms with Gasteiger partial charge in [0.05, 0.1) is 5.69 Å². The standard InChI is InChI=1S/C6H6FN.C2H2O4/c7-8-6-4-2-1-3-5-6;3-1(4)2(5)6/h1-5,8H;(H,3,4)(H,5,6). The zero-order valence-electron chi connectivity index (χ0n) is 6.98. The summed E-state index contributed by atoms with van der Waals surface area (Å²) in [6.07, 6.45) is 0. The first-order chi connectivity index (χ1) is 6.57. The minimum absolute atomic E-state index is 0.493. The molecule has 14 heavy (non-hydrogen) atoms. The Bertz CT molecular complexity index is 289. The van der Waals surface area contributed by atoms with Crippen LogP contribution in [0.4, 0.5) is 10.2 Å². The number of aliphatic carboxylic acids is 2. The Morgan fingerprint density at radius 1 is 1.07 bits per heavy atom. The zero-order chi connectivity index (χ0) is 11.0. The van der Waals surface area contributed by atoms with Crippen LogP contribution in [-0.2, 0) is 9.59 Å². The van der Waals surface area contributed by atoms with E-state index in [1.54, 1.807) is 24.3 Å². The molecule has 0 aliphatic carbocycles. The average molecular weight is 201 g/mol. The summed E-state index contributed by atoms with van der Waals surface area (Å²) in [5.41, 5.74) is 2.02. The van der Waals surface area contributed by atoms with Gasteiger partial charge in [0, 0.05) is 0 Å². The van der Waals surface area contributed by atoms with Crippen LogP contribution in [0, 0.1) is 0 Å². The molecule has 0 heterocycles. The van der Waals surface area contributed by atoms with Crippen LogP contribution in [0.2, 0.25) is 0 Å². The second-order valence-electron chi connectivity index (χ2n) is 2.07. The fourth-order valence-electron chi connectivity index (χ4n) is 0.501. The molecule has 76 valence electrons. The van der Waals surface area contributed by atoms with Crippen LogP contribution in [0.3, 0.4) is 0 Å². The third kappa shape index (κ3) is 5.53. The van der Waals surface area contributed by atoms with E-state index < -0.39 is 11.9 Å². The van der Waals surface area contributed by atoms with Gasteiger partial charge in [-0.15, -0.1) is 4.48 Å². The number of carboxylic acids is 2. The van der Waals surface area contributed by atoms with E-state index in [0.717, 1.165) is 0 Å². The monoisotopic (exact) mass is 201 g/mol. The lowest BCUT2D eigenvalue weighted by molar-refractivity contribution is -0.159. The molecular weight excluding hydrogens is 193 g/mol. The molecule has 1 aromatic rings. The van der Waals surface area contributed by atoms with Gasteiger partial charge >= 0.3 is 11.9 Å². The van der Waals surface area contributed by atoms with Crippen LogP contribution in [0.25, 0.3) is 0 Å². The van der Waals surface area contributed by atoms with Gasteiger partial charge in [-0.2, -0.15) is 0 Å². The number of anilines is 1. The molecule has 0 aliphatic heterocycles. The topological polar surface area (TPSA) is 86.6 Å². The molecule has 0 aromatic heterocycles. The number of hydrogen-bond acceptors (Lipinski definition) is 3. The summed E-state index contributed by atoms with van der Waals surface area (Å²) in [7, 11) is 0. The van der Waals surface area contributed by atoms with E-state index in [1.807, 2.05) is 6.07 Å². The smallest absolute Gasteiger partial charge is 0.414 e. The van der Waals surface area contributed by atoms with Crippen LogP contribution < -0.4 is 5.54 Å². The number of nitrogens with one attached hydrogen (secondary N) is 1. The van der Waals surface area contributed by atoms with Crippen molar-refractivity contribution in [1.29, 1.82) is 0 Å². The van der Waals surface area contributed by atoms with Crippen molar-refractivity contribution in [2.45, 2.75) is 0 Å². The maximum absolute atomic E-state index is 11.5. The summed E-state index contributed by atoms with van der Waals surface area (Å²) in [6.45, 7) is 0. The highest BCUT2D eigenvalue weighted by Gasteiger charge is 2.04. The molecular formula is C8H8FNO4. The van der Waals surface area contributed by atoms with E-state index >= 15 is 0 Å². The third-order valence-corrected chi connectivity index (χ3v) is 1.07. The van der Waals surface area contributed by atoms with Crippen LogP contribution >= 0.6 is 0 Å². The Balaban J connectivity index is 0.000000255. The number of carbonyl (C=O) groups is 2. The molecule has 0 saturated heterocycles. The van der Waals surface area contributed by atoms with Gasteiger partial charge in [0.2, 0.25) is 0 Å². The zero-order valence-corrected chi connectivity index (χ0v) is 6.98. The van der Waals surface area contributed by atoms with E-state index in [0.29, 0.717) is 5.69 Å². The molecule has 0 bridgehead atoms. The van der Waals surface area contributed by atoms with Gasteiger partial charge in [-0.3, -0.25) is 0 Å². The lowest BCUT2D eigenvalue weighted by Crippen LogP contribution is -2.09. The van der Waals surface area contributed by atoms with Gasteiger partial charge in [-0.05, 0) is 12.1 Å². The summed E-state index contributed by atoms with van der Waals surface area (Å²) in [4.78, 5) is 18.2. The van der Waals surface area contributed by atoms with E-state index in [-0.39, 0.29) is 0 Å². The Kier molecular flexibility index (Phi) is 5.44. The van der Waals surface area contributed by atoms with Crippen molar-refractivity contribution in [1.82, 2.24) is 0 Å². The minimum Gasteiger partial charge on any atom is -0.473 e. The molecule has 1 rings (SSSR count). The Hall–Kier alpha value is -2.11. The Labute approximate surface area is 78.7 Å². The normalized spacial score (nSPS) is 8.07. The van der Waals surface area contributed by atoms with Crippen molar-refractivity contribution in [3.8, 4) is 0 Å². The fraction of sp³-hybridized carbons (Fsp3) is 0. The highest BCUT2D eigenvalue weighted by atomic mass is 19.2. The molecule has 0 amide bonds. The summed E-state index contributed by atoms with van der Waals surface area (Å²) in [5, 5.41) is 14.8. The van der Waals surface area contributed by atoms with Crippen molar-refractivity contribution in [3.05, 3.63) is 30.3 Å². The highest BCUT2D eigenvalue weighted by molar-refractivity contribution is 6.27. The van der Waals surface area contributed by atoms with E-state index in [1.165, 1.54) is 5.54 Å². The molecule has 0 aliphatic rings. The summed E-state index contributed by atoms with van der Waals surface area (Å²) in [6, 6.07) is 8.67. The second-order valence-corrected chi connectivity index (χ2v) is 2.07. The summed E-state index contributed by atoms with van der Waals surface area (Å²) >= 11 is 0. The maximum atomic E-state index is 11.5. The van der Waals surface area contributed by atoms with Gasteiger partial charge in [0.25, 0.3) is 0 Å². The quantitative estimate of drug-likeness (QED) is 0.468. The van der Waals surface area contributed by atoms with Gasteiger partial charge in [-0.1, -0.05) is 18.2 Å². The molecule has 5 nitrogen and oxygen atoms in total. The SMILES string of the molecule is FNc1ccccc1.O=C(O)C(=O)O. The van der Waals surface area contributed by atoms with Crippen LogP contribution in [0.5, 0.6) is 0 Å². The van der Waals surface area contributed by atoms with Gasteiger partial charge < -0.3 is 10.2 Å². The third-order valence-electron chi connectivity index (χ3n) is 1.07. The van der Waals surface area contributed by atoms with Crippen molar-refractivity contribution in [2.75, 3.05) is 5.54 Å². The van der Waals surface area contributed by atoms with E-state index in [2.05, 4.69) is 0 Å². The molecule has 0 atom stereocenters. The first-order valence-electron chi connectivity index (χ1n) is 3.46. The first-order valence-corrected chi connectivity index (χ1v) is 3.46. The van der Waals surface area contributed by atoms with Crippen molar-refractivity contribution in [3.63, 3.8) is 0 Å². The predicted octanol–water partition coefficient (Wildman–Crippen LogP) is 1.14. The number of para-hydroxylation sites is 1. The van der Waals surface area contributed by atoms with E-state index in [9.17, 15) is 4.48 Å². The molecule has 0 fully saturated rings. The largest absolute Gasteiger partial charge is 0.473 e. The average Bonchev–Trinajstić information content (AvgIpc) is 2.20. The number of halogens is 1. The predicted molar refractivity (Wildman–Crippen MR) is 46.4 cm³/mol. The summed E-state index contributed by atoms with van der Waals surface area (Å²) < 4.78 is 11.5. The van der Waals surface area contributed by atoms with Crippen molar-refractivity contribution in [2.24, 2.45) is 0 Å². The number of carboxylic acid groups (broad SMARTS) is 2. The van der Waals surface area contributed by atoms with Crippen molar-refractivity contribution >= 4 is 17.6 Å². The van der Waals surface area contributed by atoms with Gasteiger partial charge in [0.1, 0.15) is 0 Å². The van der Waals surface area contributed by atoms with Crippen LogP contribution in [-0.4, -0.2) is 22.2 Å². The maximum Gasteiger partial charge on any atom is 0.414 e. The van der Waals surface area contributed by atoms with Crippen LogP contribution in [0.15, 0.2) is 30.3 Å². The van der Waals surface area contributed by atoms with Crippen LogP contribution in [0.1, 0.15) is 0 Å². The van der Waals surface area contributed by atoms with Gasteiger partial charge in [-0.25, -0.2) is 15.1 Å². The first kappa shape index (κ1) is 11.9. The highest BCUT2D eigenvalue weighted by Crippen LogP contribution is 2.03. The second kappa shape index (κ2) is 6.41. The number of rotatable bonds is 1. The lowest BCUT2D eigenvalue weighted by atomic mass is 10.3. The minimum atomic E-state index is -1.82. The molecule has 0 saturated carbocycles. The molecule has 6 heteroatoms. The molecule has 0 spiro atoms. The molecule has 1 aromatic carbocycles. The lowest BCUT2D eigenvalue weighted by Gasteiger charge is -1.89. The number of benzene rings is 1. The number of hydrogen-bond donors (Lipinski definition) is 3.